The van der Waals surface area contributed by atoms with Crippen molar-refractivity contribution in [1.29, 1.82) is 0 Å². The summed E-state index contributed by atoms with van der Waals surface area (Å²) in [5, 5.41) is 3.71. The number of rotatable bonds is 5. The van der Waals surface area contributed by atoms with Gasteiger partial charge in [-0.15, -0.1) is 0 Å². The molecule has 3 atom stereocenters. The molecule has 1 N–H and O–H groups in total. The molecule has 0 saturated heterocycles. The monoisotopic (exact) mass is 265 g/mol. The molecule has 2 aliphatic rings. The van der Waals surface area contributed by atoms with Gasteiger partial charge in [0.15, 0.2) is 0 Å². The molecule has 0 aromatic rings. The molecule has 0 aliphatic heterocycles. The standard InChI is InChI=1S/C18H35N/c1-13(2)16-9-10-17(12-19-14(3)4)18(11-16)15-7-5-6-8-15/h13-19H,5-12H2,1-4H3. The Labute approximate surface area is 120 Å². The maximum absolute atomic E-state index is 3.71. The molecule has 2 fully saturated rings. The summed E-state index contributed by atoms with van der Waals surface area (Å²) in [6.07, 6.45) is 10.5. The largest absolute Gasteiger partial charge is 0.314 e. The van der Waals surface area contributed by atoms with E-state index in [1.54, 1.807) is 0 Å². The summed E-state index contributed by atoms with van der Waals surface area (Å²) in [5.74, 6) is 4.93. The van der Waals surface area contributed by atoms with Crippen LogP contribution in [0.4, 0.5) is 0 Å². The average Bonchev–Trinajstić information content (AvgIpc) is 2.89. The molecule has 0 bridgehead atoms. The lowest BCUT2D eigenvalue weighted by molar-refractivity contribution is 0.0976. The fourth-order valence-corrected chi connectivity index (χ4v) is 4.51. The molecular formula is C18H35N. The highest BCUT2D eigenvalue weighted by Crippen LogP contribution is 2.45. The van der Waals surface area contributed by atoms with Crippen LogP contribution in [0.5, 0.6) is 0 Å². The first-order valence-electron chi connectivity index (χ1n) is 8.81. The van der Waals surface area contributed by atoms with Crippen molar-refractivity contribution in [3.05, 3.63) is 0 Å². The molecule has 0 spiro atoms. The molecule has 0 radical (unpaired) electrons. The molecule has 1 heteroatoms. The summed E-state index contributed by atoms with van der Waals surface area (Å²) in [5.41, 5.74) is 0. The highest BCUT2D eigenvalue weighted by atomic mass is 14.9. The molecule has 2 rings (SSSR count). The molecule has 0 amide bonds. The van der Waals surface area contributed by atoms with Crippen molar-refractivity contribution in [3.63, 3.8) is 0 Å². The van der Waals surface area contributed by atoms with Gasteiger partial charge in [-0.05, 0) is 55.4 Å². The topological polar surface area (TPSA) is 12.0 Å². The Bertz CT molecular complexity index is 252. The van der Waals surface area contributed by atoms with Crippen LogP contribution < -0.4 is 5.32 Å². The average molecular weight is 265 g/mol. The van der Waals surface area contributed by atoms with Gasteiger partial charge in [0.25, 0.3) is 0 Å². The molecule has 0 heterocycles. The summed E-state index contributed by atoms with van der Waals surface area (Å²) >= 11 is 0. The van der Waals surface area contributed by atoms with E-state index in [4.69, 9.17) is 0 Å². The highest BCUT2D eigenvalue weighted by molar-refractivity contribution is 4.88. The first-order chi connectivity index (χ1) is 9.08. The van der Waals surface area contributed by atoms with Crippen LogP contribution in [0.15, 0.2) is 0 Å². The molecule has 0 aromatic carbocycles. The van der Waals surface area contributed by atoms with Gasteiger partial charge in [-0.25, -0.2) is 0 Å². The zero-order valence-electron chi connectivity index (χ0n) is 13.6. The van der Waals surface area contributed by atoms with E-state index in [-0.39, 0.29) is 0 Å². The van der Waals surface area contributed by atoms with Crippen molar-refractivity contribution in [3.8, 4) is 0 Å². The van der Waals surface area contributed by atoms with Crippen LogP contribution >= 0.6 is 0 Å². The highest BCUT2D eigenvalue weighted by Gasteiger charge is 2.37. The number of hydrogen-bond donors (Lipinski definition) is 1. The third-order valence-corrected chi connectivity index (χ3v) is 5.83. The quantitative estimate of drug-likeness (QED) is 0.748. The van der Waals surface area contributed by atoms with Crippen molar-refractivity contribution in [2.45, 2.75) is 78.7 Å². The van der Waals surface area contributed by atoms with Gasteiger partial charge in [-0.3, -0.25) is 0 Å². The predicted octanol–water partition coefficient (Wildman–Crippen LogP) is 4.86. The van der Waals surface area contributed by atoms with Gasteiger partial charge in [0, 0.05) is 6.04 Å². The van der Waals surface area contributed by atoms with Gasteiger partial charge >= 0.3 is 0 Å². The fraction of sp³-hybridized carbons (Fsp3) is 1.00. The van der Waals surface area contributed by atoms with Gasteiger partial charge in [0.1, 0.15) is 0 Å². The van der Waals surface area contributed by atoms with Crippen molar-refractivity contribution < 1.29 is 0 Å². The lowest BCUT2D eigenvalue weighted by atomic mass is 9.65. The first kappa shape index (κ1) is 15.4. The van der Waals surface area contributed by atoms with Crippen LogP contribution in [0.2, 0.25) is 0 Å². The smallest absolute Gasteiger partial charge is 0.00104 e. The minimum atomic E-state index is 0.645. The van der Waals surface area contributed by atoms with Crippen LogP contribution in [0.25, 0.3) is 0 Å². The second-order valence-corrected chi connectivity index (χ2v) is 7.85. The number of nitrogens with one attached hydrogen (secondary N) is 1. The third kappa shape index (κ3) is 4.21. The maximum Gasteiger partial charge on any atom is 0.00104 e. The normalized spacial score (nSPS) is 33.5. The second-order valence-electron chi connectivity index (χ2n) is 7.85. The molecule has 1 nitrogen and oxygen atoms in total. The molecule has 3 unspecified atom stereocenters. The molecule has 2 saturated carbocycles. The Morgan fingerprint density at radius 3 is 2.21 bits per heavy atom. The lowest BCUT2D eigenvalue weighted by Crippen LogP contribution is -2.39. The SMILES string of the molecule is CC(C)NCC1CCC(C(C)C)CC1C1CCCC1. The maximum atomic E-state index is 3.71. The Balaban J connectivity index is 1.95. The summed E-state index contributed by atoms with van der Waals surface area (Å²) < 4.78 is 0. The van der Waals surface area contributed by atoms with E-state index in [9.17, 15) is 0 Å². The lowest BCUT2D eigenvalue weighted by Gasteiger charge is -2.41. The van der Waals surface area contributed by atoms with E-state index < -0.39 is 0 Å². The van der Waals surface area contributed by atoms with Gasteiger partial charge in [-0.1, -0.05) is 53.4 Å². The number of hydrogen-bond acceptors (Lipinski definition) is 1. The zero-order chi connectivity index (χ0) is 13.8. The van der Waals surface area contributed by atoms with E-state index in [1.807, 2.05) is 0 Å². The Kier molecular flexibility index (Phi) is 5.74. The van der Waals surface area contributed by atoms with Crippen LogP contribution in [0.3, 0.4) is 0 Å². The Morgan fingerprint density at radius 2 is 1.63 bits per heavy atom. The van der Waals surface area contributed by atoms with Gasteiger partial charge in [-0.2, -0.15) is 0 Å². The summed E-state index contributed by atoms with van der Waals surface area (Å²) in [6, 6.07) is 0.645. The van der Waals surface area contributed by atoms with Crippen LogP contribution in [-0.2, 0) is 0 Å². The molecule has 19 heavy (non-hydrogen) atoms. The summed E-state index contributed by atoms with van der Waals surface area (Å²) in [6.45, 7) is 10.7. The van der Waals surface area contributed by atoms with Crippen LogP contribution in [0.1, 0.15) is 72.6 Å². The molecule has 0 aromatic heterocycles. The van der Waals surface area contributed by atoms with Crippen molar-refractivity contribution in [1.82, 2.24) is 5.32 Å². The van der Waals surface area contributed by atoms with Gasteiger partial charge in [0.2, 0.25) is 0 Å². The van der Waals surface area contributed by atoms with Crippen molar-refractivity contribution >= 4 is 0 Å². The summed E-state index contributed by atoms with van der Waals surface area (Å²) in [4.78, 5) is 0. The van der Waals surface area contributed by atoms with E-state index in [2.05, 4.69) is 33.0 Å². The van der Waals surface area contributed by atoms with E-state index >= 15 is 0 Å². The zero-order valence-corrected chi connectivity index (χ0v) is 13.6. The minimum Gasteiger partial charge on any atom is -0.314 e. The van der Waals surface area contributed by atoms with Gasteiger partial charge in [0.05, 0.1) is 0 Å². The molecule has 112 valence electrons. The van der Waals surface area contributed by atoms with Crippen molar-refractivity contribution in [2.24, 2.45) is 29.6 Å². The van der Waals surface area contributed by atoms with E-state index in [0.29, 0.717) is 6.04 Å². The van der Waals surface area contributed by atoms with E-state index in [1.165, 1.54) is 51.5 Å². The van der Waals surface area contributed by atoms with Gasteiger partial charge < -0.3 is 5.32 Å². The summed E-state index contributed by atoms with van der Waals surface area (Å²) in [7, 11) is 0. The fourth-order valence-electron chi connectivity index (χ4n) is 4.51. The second kappa shape index (κ2) is 7.11. The predicted molar refractivity (Wildman–Crippen MR) is 84.3 cm³/mol. The van der Waals surface area contributed by atoms with E-state index in [0.717, 1.165) is 29.6 Å². The third-order valence-electron chi connectivity index (χ3n) is 5.83. The first-order valence-corrected chi connectivity index (χ1v) is 8.81. The Morgan fingerprint density at radius 1 is 0.947 bits per heavy atom. The van der Waals surface area contributed by atoms with Crippen molar-refractivity contribution in [2.75, 3.05) is 6.54 Å². The van der Waals surface area contributed by atoms with Crippen LogP contribution in [-0.4, -0.2) is 12.6 Å². The molecular weight excluding hydrogens is 230 g/mol. The van der Waals surface area contributed by atoms with Crippen LogP contribution in [0, 0.1) is 29.6 Å². The molecule has 2 aliphatic carbocycles. The minimum absolute atomic E-state index is 0.645. The Hall–Kier alpha value is -0.0400.